The van der Waals surface area contributed by atoms with Crippen LogP contribution in [-0.4, -0.2) is 77.6 Å². The molecule has 0 heterocycles. The third-order valence-electron chi connectivity index (χ3n) is 3.67. The summed E-state index contributed by atoms with van der Waals surface area (Å²) >= 11 is 0. The normalized spacial score (nSPS) is 20.0. The van der Waals surface area contributed by atoms with E-state index in [-0.39, 0.29) is 0 Å². The number of ether oxygens (including phenoxy) is 3. The van der Waals surface area contributed by atoms with E-state index in [0.29, 0.717) is 0 Å². The predicted octanol–water partition coefficient (Wildman–Crippen LogP) is 6.78. The van der Waals surface area contributed by atoms with Gasteiger partial charge in [-0.1, -0.05) is 0 Å². The molecule has 0 aromatic rings. The molecule has 0 bridgehead atoms. The average Bonchev–Trinajstić information content (AvgIpc) is 2.61. The van der Waals surface area contributed by atoms with Gasteiger partial charge >= 0.3 is 72.5 Å². The van der Waals surface area contributed by atoms with Gasteiger partial charge in [-0.05, 0) is 0 Å². The Kier molecular flexibility index (Phi) is 9.10. The van der Waals surface area contributed by atoms with Gasteiger partial charge in [-0.3, -0.25) is 14.2 Å². The van der Waals surface area contributed by atoms with Gasteiger partial charge in [-0.25, -0.2) is 4.79 Å². The minimum atomic E-state index is -8.84. The maximum Gasteiger partial charge on any atom is 0.460 e. The third-order valence-corrected chi connectivity index (χ3v) is 3.67. The Morgan fingerprint density at radius 2 is 0.625 bits per heavy atom. The van der Waals surface area contributed by atoms with Crippen molar-refractivity contribution in [1.29, 1.82) is 0 Å². The molecule has 40 heavy (non-hydrogen) atoms. The molecule has 0 spiro atoms. The SMILES string of the molecule is O=C(O)[C@](F)(OC(F)(F)[C@@](F)(OC(F)(F)[C@](F)(OC(F)(C(F)(F)F)C(F)(F)F)C(F)(F)F)C(F)(F)F)C(F)(F)F. The fourth-order valence-corrected chi connectivity index (χ4v) is 1.74. The van der Waals surface area contributed by atoms with Crippen molar-refractivity contribution in [2.45, 2.75) is 66.5 Å². The molecule has 1 N–H and O–H groups in total. The zero-order valence-electron chi connectivity index (χ0n) is 16.8. The summed E-state index contributed by atoms with van der Waals surface area (Å²) in [6.45, 7) is 0. The van der Waals surface area contributed by atoms with Crippen molar-refractivity contribution in [1.82, 2.24) is 0 Å². The minimum absolute atomic E-state index is 0.997. The zero-order chi connectivity index (χ0) is 33.2. The maximum absolute atomic E-state index is 14.0. The van der Waals surface area contributed by atoms with E-state index in [9.17, 15) is 106 Å². The van der Waals surface area contributed by atoms with Gasteiger partial charge in [0, 0.05) is 0 Å². The summed E-state index contributed by atoms with van der Waals surface area (Å²) in [6, 6.07) is 0. The quantitative estimate of drug-likeness (QED) is 0.276. The zero-order valence-corrected chi connectivity index (χ0v) is 16.8. The molecule has 0 aliphatic rings. The van der Waals surface area contributed by atoms with Gasteiger partial charge < -0.3 is 5.11 Å². The van der Waals surface area contributed by atoms with Gasteiger partial charge in [0.25, 0.3) is 0 Å². The second-order valence-electron chi connectivity index (χ2n) is 6.51. The van der Waals surface area contributed by atoms with E-state index in [1.54, 1.807) is 0 Å². The maximum atomic E-state index is 14.0. The fraction of sp³-hybridized carbons (Fsp3) is 0.917. The lowest BCUT2D eigenvalue weighted by molar-refractivity contribution is -0.579. The monoisotopic (exact) mass is 662 g/mol. The summed E-state index contributed by atoms with van der Waals surface area (Å²) < 4.78 is 301. The molecule has 0 saturated heterocycles. The molecule has 0 unspecified atom stereocenters. The van der Waals surface area contributed by atoms with Crippen LogP contribution in [0, 0.1) is 0 Å². The van der Waals surface area contributed by atoms with Crippen molar-refractivity contribution in [2.24, 2.45) is 0 Å². The summed E-state index contributed by atoms with van der Waals surface area (Å²) in [6.07, 6.45) is -58.1. The van der Waals surface area contributed by atoms with Gasteiger partial charge in [0.05, 0.1) is 0 Å². The van der Waals surface area contributed by atoms with Crippen molar-refractivity contribution < 1.29 is 125 Å². The molecule has 0 radical (unpaired) electrons. The highest BCUT2D eigenvalue weighted by Gasteiger charge is 2.89. The Hall–Kier alpha value is -2.26. The molecular weight excluding hydrogens is 661 g/mol. The molecule has 240 valence electrons. The Bertz CT molecular complexity index is 913. The first-order valence-corrected chi connectivity index (χ1v) is 8.00. The van der Waals surface area contributed by atoms with Crippen LogP contribution in [0.3, 0.4) is 0 Å². The topological polar surface area (TPSA) is 65.0 Å². The summed E-state index contributed by atoms with van der Waals surface area (Å²) in [7, 11) is 0. The molecule has 0 saturated carbocycles. The van der Waals surface area contributed by atoms with E-state index in [4.69, 9.17) is 5.11 Å². The van der Waals surface area contributed by atoms with Crippen LogP contribution in [0.2, 0.25) is 0 Å². The van der Waals surface area contributed by atoms with E-state index in [1.807, 2.05) is 0 Å². The third kappa shape index (κ3) is 6.01. The van der Waals surface area contributed by atoms with Crippen molar-refractivity contribution in [2.75, 3.05) is 0 Å². The van der Waals surface area contributed by atoms with Crippen LogP contribution in [0.25, 0.3) is 0 Å². The Morgan fingerprint density at radius 1 is 0.375 bits per heavy atom. The average molecular weight is 662 g/mol. The fourth-order valence-electron chi connectivity index (χ4n) is 1.74. The van der Waals surface area contributed by atoms with Crippen LogP contribution in [0.1, 0.15) is 0 Å². The number of carbonyl (C=O) groups is 1. The van der Waals surface area contributed by atoms with Crippen molar-refractivity contribution in [3.8, 4) is 0 Å². The molecule has 0 rings (SSSR count). The van der Waals surface area contributed by atoms with Crippen LogP contribution in [0.15, 0.2) is 0 Å². The number of alkyl halides is 23. The highest BCUT2D eigenvalue weighted by molar-refractivity contribution is 5.76. The molecule has 0 aliphatic heterocycles. The van der Waals surface area contributed by atoms with Crippen molar-refractivity contribution >= 4 is 5.97 Å². The molecule has 0 aliphatic carbocycles. The Labute approximate surface area is 199 Å². The highest BCUT2D eigenvalue weighted by atomic mass is 19.4. The number of carboxylic acid groups (broad SMARTS) is 1. The molecule has 0 aromatic heterocycles. The Balaban J connectivity index is 7.38. The largest absolute Gasteiger partial charge is 0.477 e. The van der Waals surface area contributed by atoms with Crippen LogP contribution in [0.5, 0.6) is 0 Å². The molecule has 0 amide bonds. The predicted molar refractivity (Wildman–Crippen MR) is 66.4 cm³/mol. The van der Waals surface area contributed by atoms with Crippen molar-refractivity contribution in [3.05, 3.63) is 0 Å². The molecule has 0 aromatic carbocycles. The summed E-state index contributed by atoms with van der Waals surface area (Å²) in [5.41, 5.74) is 0. The first-order chi connectivity index (χ1) is 16.8. The van der Waals surface area contributed by atoms with Gasteiger partial charge in [0.2, 0.25) is 0 Å². The molecule has 3 atom stereocenters. The second kappa shape index (κ2) is 9.65. The van der Waals surface area contributed by atoms with Gasteiger partial charge in [0.1, 0.15) is 0 Å². The molecule has 0 fully saturated rings. The van der Waals surface area contributed by atoms with Gasteiger partial charge in [-0.2, -0.15) is 101 Å². The van der Waals surface area contributed by atoms with Gasteiger partial charge in [-0.15, -0.1) is 0 Å². The minimum Gasteiger partial charge on any atom is -0.477 e. The van der Waals surface area contributed by atoms with E-state index in [0.717, 1.165) is 9.47 Å². The van der Waals surface area contributed by atoms with Crippen molar-refractivity contribution in [3.63, 3.8) is 0 Å². The second-order valence-corrected chi connectivity index (χ2v) is 6.51. The number of carboxylic acids is 1. The number of halogens is 23. The lowest BCUT2D eigenvalue weighted by atomic mass is 10.2. The number of aliphatic carboxylic acids is 1. The first kappa shape index (κ1) is 37.7. The van der Waals surface area contributed by atoms with E-state index >= 15 is 0 Å². The summed E-state index contributed by atoms with van der Waals surface area (Å²) in [4.78, 5) is 10.2. The van der Waals surface area contributed by atoms with Crippen LogP contribution < -0.4 is 0 Å². The summed E-state index contributed by atoms with van der Waals surface area (Å²) in [5, 5.41) is 7.92. The standard InChI is InChI=1S/C12HF23O5/c13-2(1(36)37,6(17,18)19)38-11(32,33)5(16,10(29,30)31)40-12(34,35)4(15,9(26,27)28)39-3(14,7(20,21)22)8(23,24)25/h(H,36,37)/t2-,4+,5-/m0/s1. The highest BCUT2D eigenvalue weighted by Crippen LogP contribution is 2.59. The van der Waals surface area contributed by atoms with Crippen LogP contribution >= 0.6 is 0 Å². The summed E-state index contributed by atoms with van der Waals surface area (Å²) in [5.74, 6) is -37.8. The van der Waals surface area contributed by atoms with Gasteiger partial charge in [0.15, 0.2) is 0 Å². The van der Waals surface area contributed by atoms with E-state index in [2.05, 4.69) is 0 Å². The number of hydrogen-bond acceptors (Lipinski definition) is 4. The van der Waals surface area contributed by atoms with E-state index < -0.39 is 72.5 Å². The number of hydrogen-bond donors (Lipinski definition) is 1. The lowest BCUT2D eigenvalue weighted by Crippen LogP contribution is -2.71. The van der Waals surface area contributed by atoms with Crippen LogP contribution in [-0.2, 0) is 19.0 Å². The lowest BCUT2D eigenvalue weighted by Gasteiger charge is -2.43. The molecular formula is C12HF23O5. The molecule has 5 nitrogen and oxygen atoms in total. The van der Waals surface area contributed by atoms with Crippen LogP contribution in [0.4, 0.5) is 101 Å². The number of rotatable bonds is 9. The Morgan fingerprint density at radius 3 is 0.850 bits per heavy atom. The smallest absolute Gasteiger partial charge is 0.460 e. The molecule has 28 heteroatoms. The first-order valence-electron chi connectivity index (χ1n) is 8.00. The van der Waals surface area contributed by atoms with E-state index in [1.165, 1.54) is 4.74 Å².